The number of carbonyl (C=O) groups excluding carboxylic acids is 1. The molecule has 2 aliphatic heterocycles. The van der Waals surface area contributed by atoms with E-state index in [1.807, 2.05) is 4.90 Å². The highest BCUT2D eigenvalue weighted by Crippen LogP contribution is 2.25. The maximum absolute atomic E-state index is 12.3. The highest BCUT2D eigenvalue weighted by Gasteiger charge is 2.27. The van der Waals surface area contributed by atoms with Crippen LogP contribution in [0.4, 0.5) is 0 Å². The predicted molar refractivity (Wildman–Crippen MR) is 90.0 cm³/mol. The highest BCUT2D eigenvalue weighted by molar-refractivity contribution is 5.85. The van der Waals surface area contributed by atoms with Gasteiger partial charge in [0.2, 0.25) is 5.91 Å². The number of halogens is 1. The van der Waals surface area contributed by atoms with Gasteiger partial charge < -0.3 is 10.2 Å². The van der Waals surface area contributed by atoms with Gasteiger partial charge in [-0.15, -0.1) is 12.4 Å². The molecule has 0 bridgehead atoms. The molecule has 4 nitrogen and oxygen atoms in total. The van der Waals surface area contributed by atoms with E-state index in [-0.39, 0.29) is 12.4 Å². The van der Waals surface area contributed by atoms with E-state index in [9.17, 15) is 4.79 Å². The van der Waals surface area contributed by atoms with Crippen LogP contribution in [0, 0.1) is 5.92 Å². The van der Waals surface area contributed by atoms with Crippen LogP contribution in [-0.2, 0) is 4.79 Å². The van der Waals surface area contributed by atoms with Crippen molar-refractivity contribution in [1.82, 2.24) is 15.1 Å². The minimum Gasteiger partial charge on any atom is -0.340 e. The molecule has 2 heterocycles. The number of amides is 1. The van der Waals surface area contributed by atoms with Gasteiger partial charge in [0.15, 0.2) is 0 Å². The van der Waals surface area contributed by atoms with Gasteiger partial charge in [0.25, 0.3) is 0 Å². The number of likely N-dealkylation sites (tertiary alicyclic amines) is 1. The lowest BCUT2D eigenvalue weighted by Crippen LogP contribution is -2.48. The molecular weight excluding hydrogens is 286 g/mol. The molecule has 0 aromatic rings. The molecule has 0 aromatic carbocycles. The van der Waals surface area contributed by atoms with Crippen molar-refractivity contribution in [3.8, 4) is 0 Å². The maximum Gasteiger partial charge on any atom is 0.223 e. The van der Waals surface area contributed by atoms with E-state index in [2.05, 4.69) is 24.1 Å². The Morgan fingerprint density at radius 3 is 2.62 bits per heavy atom. The Morgan fingerprint density at radius 2 is 1.95 bits per heavy atom. The summed E-state index contributed by atoms with van der Waals surface area (Å²) < 4.78 is 0. The van der Waals surface area contributed by atoms with E-state index in [0.29, 0.717) is 18.4 Å². The fourth-order valence-corrected chi connectivity index (χ4v) is 3.52. The topological polar surface area (TPSA) is 35.6 Å². The van der Waals surface area contributed by atoms with Crippen LogP contribution in [0.15, 0.2) is 0 Å². The minimum atomic E-state index is 0. The summed E-state index contributed by atoms with van der Waals surface area (Å²) in [7, 11) is 0. The first-order chi connectivity index (χ1) is 9.72. The van der Waals surface area contributed by atoms with Crippen LogP contribution in [0.2, 0.25) is 0 Å². The Labute approximate surface area is 136 Å². The van der Waals surface area contributed by atoms with Gasteiger partial charge in [-0.3, -0.25) is 9.69 Å². The van der Waals surface area contributed by atoms with E-state index < -0.39 is 0 Å². The van der Waals surface area contributed by atoms with Crippen molar-refractivity contribution < 1.29 is 4.79 Å². The van der Waals surface area contributed by atoms with Crippen LogP contribution >= 0.6 is 12.4 Å². The van der Waals surface area contributed by atoms with Gasteiger partial charge in [-0.1, -0.05) is 26.7 Å². The predicted octanol–water partition coefficient (Wildman–Crippen LogP) is 2.13. The van der Waals surface area contributed by atoms with Gasteiger partial charge in [0.1, 0.15) is 0 Å². The maximum atomic E-state index is 12.3. The molecule has 5 heteroatoms. The molecule has 0 aromatic heterocycles. The van der Waals surface area contributed by atoms with Crippen LogP contribution < -0.4 is 5.32 Å². The van der Waals surface area contributed by atoms with Gasteiger partial charge in [0.05, 0.1) is 0 Å². The second kappa shape index (κ2) is 9.65. The summed E-state index contributed by atoms with van der Waals surface area (Å²) in [5, 5.41) is 3.30. The highest BCUT2D eigenvalue weighted by atomic mass is 35.5. The summed E-state index contributed by atoms with van der Waals surface area (Å²) in [6.45, 7) is 10.4. The summed E-state index contributed by atoms with van der Waals surface area (Å²) in [5.74, 6) is 1.10. The van der Waals surface area contributed by atoms with Crippen molar-refractivity contribution >= 4 is 18.3 Å². The molecule has 21 heavy (non-hydrogen) atoms. The normalized spacial score (nSPS) is 25.2. The molecule has 2 saturated heterocycles. The van der Waals surface area contributed by atoms with Crippen molar-refractivity contribution in [1.29, 1.82) is 0 Å². The van der Waals surface area contributed by atoms with Crippen LogP contribution in [0.3, 0.4) is 0 Å². The Balaban J connectivity index is 0.00000220. The Hall–Kier alpha value is -0.320. The quantitative estimate of drug-likeness (QED) is 0.844. The SMILES string of the molecule is CCC(C)C1CCCCN1CCC(=O)N1CCNCC1.Cl. The van der Waals surface area contributed by atoms with Gasteiger partial charge in [-0.05, 0) is 25.3 Å². The molecule has 0 spiro atoms. The monoisotopic (exact) mass is 317 g/mol. The zero-order valence-corrected chi connectivity index (χ0v) is 14.5. The Kier molecular flexibility index (Phi) is 8.60. The standard InChI is InChI=1S/C16H31N3O.ClH/c1-3-14(2)15-6-4-5-10-18(15)11-7-16(20)19-12-8-17-9-13-19;/h14-15,17H,3-13H2,1-2H3;1H. The molecule has 0 saturated carbocycles. The van der Waals surface area contributed by atoms with E-state index in [0.717, 1.165) is 38.6 Å². The summed E-state index contributed by atoms with van der Waals surface area (Å²) in [6.07, 6.45) is 5.92. The molecule has 2 unspecified atom stereocenters. The Bertz CT molecular complexity index is 308. The largest absolute Gasteiger partial charge is 0.340 e. The van der Waals surface area contributed by atoms with Crippen molar-refractivity contribution in [2.45, 2.75) is 52.0 Å². The van der Waals surface area contributed by atoms with E-state index >= 15 is 0 Å². The molecule has 2 aliphatic rings. The minimum absolute atomic E-state index is 0. The number of piperazine rings is 1. The van der Waals surface area contributed by atoms with Gasteiger partial charge in [-0.2, -0.15) is 0 Å². The molecular formula is C16H32ClN3O. The van der Waals surface area contributed by atoms with Crippen LogP contribution in [0.5, 0.6) is 0 Å². The molecule has 2 atom stereocenters. The first-order valence-electron chi connectivity index (χ1n) is 8.45. The summed E-state index contributed by atoms with van der Waals surface area (Å²) in [6, 6.07) is 0.699. The number of nitrogens with one attached hydrogen (secondary N) is 1. The number of hydrogen-bond donors (Lipinski definition) is 1. The third kappa shape index (κ3) is 5.42. The van der Waals surface area contributed by atoms with Crippen LogP contribution in [0.25, 0.3) is 0 Å². The molecule has 0 radical (unpaired) electrons. The van der Waals surface area contributed by atoms with Crippen molar-refractivity contribution in [3.05, 3.63) is 0 Å². The first kappa shape index (κ1) is 18.7. The lowest BCUT2D eigenvalue weighted by molar-refractivity contribution is -0.132. The number of piperidine rings is 1. The van der Waals surface area contributed by atoms with Crippen LogP contribution in [0.1, 0.15) is 46.0 Å². The number of rotatable bonds is 5. The summed E-state index contributed by atoms with van der Waals surface area (Å²) in [4.78, 5) is 16.9. The average molecular weight is 318 g/mol. The number of carbonyl (C=O) groups is 1. The molecule has 1 N–H and O–H groups in total. The van der Waals surface area contributed by atoms with Gasteiger partial charge >= 0.3 is 0 Å². The zero-order chi connectivity index (χ0) is 14.4. The Morgan fingerprint density at radius 1 is 1.24 bits per heavy atom. The van der Waals surface area contributed by atoms with Crippen molar-refractivity contribution in [2.24, 2.45) is 5.92 Å². The second-order valence-corrected chi connectivity index (χ2v) is 6.37. The molecule has 0 aliphatic carbocycles. The third-order valence-electron chi connectivity index (χ3n) is 5.05. The second-order valence-electron chi connectivity index (χ2n) is 6.37. The zero-order valence-electron chi connectivity index (χ0n) is 13.6. The summed E-state index contributed by atoms with van der Waals surface area (Å²) >= 11 is 0. The lowest BCUT2D eigenvalue weighted by atomic mass is 9.89. The summed E-state index contributed by atoms with van der Waals surface area (Å²) in [5.41, 5.74) is 0. The van der Waals surface area contributed by atoms with Crippen LogP contribution in [-0.4, -0.2) is 61.0 Å². The molecule has 2 fully saturated rings. The van der Waals surface area contributed by atoms with Crippen molar-refractivity contribution in [3.63, 3.8) is 0 Å². The van der Waals surface area contributed by atoms with E-state index in [1.54, 1.807) is 0 Å². The van der Waals surface area contributed by atoms with E-state index in [4.69, 9.17) is 0 Å². The molecule has 1 amide bonds. The van der Waals surface area contributed by atoms with Gasteiger partial charge in [0, 0.05) is 45.2 Å². The fourth-order valence-electron chi connectivity index (χ4n) is 3.52. The first-order valence-corrected chi connectivity index (χ1v) is 8.45. The smallest absolute Gasteiger partial charge is 0.223 e. The number of nitrogens with zero attached hydrogens (tertiary/aromatic N) is 2. The fraction of sp³-hybridized carbons (Fsp3) is 0.938. The molecule has 2 rings (SSSR count). The third-order valence-corrected chi connectivity index (χ3v) is 5.05. The van der Waals surface area contributed by atoms with Crippen molar-refractivity contribution in [2.75, 3.05) is 39.3 Å². The number of hydrogen-bond acceptors (Lipinski definition) is 3. The van der Waals surface area contributed by atoms with E-state index in [1.165, 1.54) is 32.2 Å². The lowest BCUT2D eigenvalue weighted by Gasteiger charge is -2.39. The average Bonchev–Trinajstić information content (AvgIpc) is 2.53. The molecule has 124 valence electrons. The van der Waals surface area contributed by atoms with Gasteiger partial charge in [-0.25, -0.2) is 0 Å².